The van der Waals surface area contributed by atoms with Gasteiger partial charge in [0, 0.05) is 0 Å². The van der Waals surface area contributed by atoms with Crippen molar-refractivity contribution in [3.8, 4) is 5.75 Å². The van der Waals surface area contributed by atoms with Crippen molar-refractivity contribution in [1.29, 1.82) is 0 Å². The third-order valence-electron chi connectivity index (χ3n) is 3.31. The first-order valence-corrected chi connectivity index (χ1v) is 8.32. The summed E-state index contributed by atoms with van der Waals surface area (Å²) in [5.41, 5.74) is 9.19. The van der Waals surface area contributed by atoms with Crippen LogP contribution in [-0.4, -0.2) is 17.2 Å². The molecule has 9 heteroatoms. The van der Waals surface area contributed by atoms with Crippen molar-refractivity contribution in [2.75, 3.05) is 10.6 Å². The number of anilines is 2. The summed E-state index contributed by atoms with van der Waals surface area (Å²) in [4.78, 5) is 21.1. The number of carbonyl (C=O) groups is 2. The van der Waals surface area contributed by atoms with E-state index in [0.717, 1.165) is 10.8 Å². The van der Waals surface area contributed by atoms with E-state index in [9.17, 15) is 9.90 Å². The number of primary amides is 2. The van der Waals surface area contributed by atoms with Crippen molar-refractivity contribution in [3.63, 3.8) is 0 Å². The van der Waals surface area contributed by atoms with Crippen LogP contribution in [0.15, 0.2) is 54.6 Å². The number of aromatic hydroxyl groups is 1. The molecular formula is C18H16Cl2N4O3. The molecule has 0 heterocycles. The van der Waals surface area contributed by atoms with Crippen LogP contribution in [0.25, 0.3) is 10.8 Å². The molecule has 0 radical (unpaired) electrons. The largest absolute Gasteiger partial charge is 0.506 e. The van der Waals surface area contributed by atoms with E-state index in [-0.39, 0.29) is 10.8 Å². The summed E-state index contributed by atoms with van der Waals surface area (Å²) < 4.78 is 0. The Morgan fingerprint density at radius 3 is 2.04 bits per heavy atom. The van der Waals surface area contributed by atoms with Gasteiger partial charge in [0.15, 0.2) is 0 Å². The number of fused-ring (bicyclic) bond motifs is 1. The molecule has 3 aromatic carbocycles. The fourth-order valence-electron chi connectivity index (χ4n) is 2.20. The smallest absolute Gasteiger partial charge is 0.323 e. The van der Waals surface area contributed by atoms with Crippen LogP contribution in [0.1, 0.15) is 0 Å². The minimum atomic E-state index is -0.833. The summed E-state index contributed by atoms with van der Waals surface area (Å²) in [5.74, 6) is -0.0176. The molecule has 0 aliphatic carbocycles. The second kappa shape index (κ2) is 8.98. The van der Waals surface area contributed by atoms with E-state index in [1.807, 2.05) is 24.3 Å². The quantitative estimate of drug-likeness (QED) is 0.400. The van der Waals surface area contributed by atoms with Gasteiger partial charge in [-0.2, -0.15) is 0 Å². The lowest BCUT2D eigenvalue weighted by Crippen LogP contribution is -2.19. The van der Waals surface area contributed by atoms with Crippen molar-refractivity contribution < 1.29 is 14.7 Å². The third kappa shape index (κ3) is 5.67. The lowest BCUT2D eigenvalue weighted by molar-refractivity contribution is 0.256. The molecule has 0 aliphatic heterocycles. The van der Waals surface area contributed by atoms with Gasteiger partial charge in [-0.3, -0.25) is 0 Å². The molecule has 0 aromatic heterocycles. The predicted molar refractivity (Wildman–Crippen MR) is 108 cm³/mol. The highest BCUT2D eigenvalue weighted by atomic mass is 35.5. The molecule has 0 saturated heterocycles. The molecule has 4 amide bonds. The zero-order chi connectivity index (χ0) is 20.0. The van der Waals surface area contributed by atoms with Gasteiger partial charge in [-0.05, 0) is 35.0 Å². The van der Waals surface area contributed by atoms with Gasteiger partial charge in [0.2, 0.25) is 0 Å². The van der Waals surface area contributed by atoms with Crippen LogP contribution in [0.3, 0.4) is 0 Å². The Morgan fingerprint density at radius 2 is 1.41 bits per heavy atom. The van der Waals surface area contributed by atoms with Gasteiger partial charge in [0.25, 0.3) is 0 Å². The highest BCUT2D eigenvalue weighted by molar-refractivity contribution is 6.44. The molecule has 0 atom stereocenters. The van der Waals surface area contributed by atoms with Crippen LogP contribution < -0.4 is 22.1 Å². The molecule has 140 valence electrons. The number of urea groups is 2. The Labute approximate surface area is 164 Å². The number of hydrogen-bond donors (Lipinski definition) is 5. The number of halogens is 2. The van der Waals surface area contributed by atoms with Crippen LogP contribution in [0, 0.1) is 0 Å². The van der Waals surface area contributed by atoms with Gasteiger partial charge in [-0.25, -0.2) is 9.59 Å². The van der Waals surface area contributed by atoms with E-state index in [2.05, 4.69) is 22.1 Å². The fourth-order valence-corrected chi connectivity index (χ4v) is 2.55. The Hall–Kier alpha value is -3.16. The maximum Gasteiger partial charge on any atom is 0.323 e. The minimum Gasteiger partial charge on any atom is -0.506 e. The highest BCUT2D eigenvalue weighted by Gasteiger charge is 2.11. The standard InChI is InChI=1S/C17H12Cl2N2O2.CH4N2O/c18-12-6-3-7-13(16(12)19)20-17(23)21-14-8-10-4-1-2-5-11(10)9-15(14)22;2-1(3)4/h1-9,22H,(H2,20,21,23);(H4,2,3,4). The van der Waals surface area contributed by atoms with Crippen LogP contribution in [-0.2, 0) is 0 Å². The third-order valence-corrected chi connectivity index (χ3v) is 4.13. The molecule has 3 rings (SSSR count). The second-order valence-corrected chi connectivity index (χ2v) is 6.08. The van der Waals surface area contributed by atoms with Gasteiger partial charge < -0.3 is 27.2 Å². The number of nitrogens with one attached hydrogen (secondary N) is 2. The van der Waals surface area contributed by atoms with Crippen LogP contribution in [0.2, 0.25) is 10.0 Å². The van der Waals surface area contributed by atoms with E-state index >= 15 is 0 Å². The van der Waals surface area contributed by atoms with Crippen molar-refractivity contribution >= 4 is 57.4 Å². The first-order chi connectivity index (χ1) is 12.8. The first-order valence-electron chi connectivity index (χ1n) is 7.56. The average Bonchev–Trinajstić information content (AvgIpc) is 2.59. The van der Waals surface area contributed by atoms with E-state index in [0.29, 0.717) is 16.4 Å². The molecular weight excluding hydrogens is 391 g/mol. The molecule has 27 heavy (non-hydrogen) atoms. The van der Waals surface area contributed by atoms with Crippen LogP contribution >= 0.6 is 23.2 Å². The molecule has 0 saturated carbocycles. The van der Waals surface area contributed by atoms with E-state index < -0.39 is 12.1 Å². The number of phenols is 1. The number of rotatable bonds is 2. The molecule has 0 aliphatic rings. The number of benzene rings is 3. The van der Waals surface area contributed by atoms with E-state index in [1.54, 1.807) is 30.3 Å². The minimum absolute atomic E-state index is 0.0176. The number of nitrogens with two attached hydrogens (primary N) is 2. The van der Waals surface area contributed by atoms with Gasteiger partial charge >= 0.3 is 12.1 Å². The molecule has 0 unspecified atom stereocenters. The van der Waals surface area contributed by atoms with Crippen molar-refractivity contribution in [1.82, 2.24) is 0 Å². The monoisotopic (exact) mass is 406 g/mol. The highest BCUT2D eigenvalue weighted by Crippen LogP contribution is 2.31. The fraction of sp³-hybridized carbons (Fsp3) is 0. The summed E-state index contributed by atoms with van der Waals surface area (Å²) in [6.07, 6.45) is 0. The summed E-state index contributed by atoms with van der Waals surface area (Å²) in [5, 5.41) is 17.6. The number of carbonyl (C=O) groups excluding carboxylic acids is 2. The molecule has 0 spiro atoms. The Bertz CT molecular complexity index is 992. The zero-order valence-electron chi connectivity index (χ0n) is 13.9. The van der Waals surface area contributed by atoms with E-state index in [4.69, 9.17) is 28.0 Å². The lowest BCUT2D eigenvalue weighted by atomic mass is 10.1. The van der Waals surface area contributed by atoms with Crippen LogP contribution in [0.4, 0.5) is 21.0 Å². The van der Waals surface area contributed by atoms with Crippen molar-refractivity contribution in [2.45, 2.75) is 0 Å². The van der Waals surface area contributed by atoms with E-state index in [1.165, 1.54) is 0 Å². The molecule has 0 fully saturated rings. The first kappa shape index (κ1) is 20.2. The molecule has 0 bridgehead atoms. The van der Waals surface area contributed by atoms with Gasteiger partial charge in [-0.15, -0.1) is 0 Å². The molecule has 3 aromatic rings. The Kier molecular flexibility index (Phi) is 6.70. The zero-order valence-corrected chi connectivity index (χ0v) is 15.4. The maximum absolute atomic E-state index is 12.1. The van der Waals surface area contributed by atoms with Gasteiger partial charge in [-0.1, -0.05) is 53.5 Å². The predicted octanol–water partition coefficient (Wildman–Crippen LogP) is 4.52. The summed E-state index contributed by atoms with van der Waals surface area (Å²) in [6, 6.07) is 14.4. The topological polar surface area (TPSA) is 130 Å². The Morgan fingerprint density at radius 1 is 0.852 bits per heavy atom. The van der Waals surface area contributed by atoms with Crippen LogP contribution in [0.5, 0.6) is 5.75 Å². The summed E-state index contributed by atoms with van der Waals surface area (Å²) in [6.45, 7) is 0. The SMILES string of the molecule is NC(N)=O.O=C(Nc1cc2ccccc2cc1O)Nc1cccc(Cl)c1Cl. The second-order valence-electron chi connectivity index (χ2n) is 5.30. The lowest BCUT2D eigenvalue weighted by Gasteiger charge is -2.11. The maximum atomic E-state index is 12.1. The molecule has 7 N–H and O–H groups in total. The summed E-state index contributed by atoms with van der Waals surface area (Å²) >= 11 is 11.9. The molecule has 7 nitrogen and oxygen atoms in total. The normalized spacial score (nSPS) is 9.85. The summed E-state index contributed by atoms with van der Waals surface area (Å²) in [7, 11) is 0. The number of amides is 4. The number of hydrogen-bond acceptors (Lipinski definition) is 3. The average molecular weight is 407 g/mol. The van der Waals surface area contributed by atoms with Crippen molar-refractivity contribution in [2.24, 2.45) is 11.5 Å². The number of phenolic OH excluding ortho intramolecular Hbond substituents is 1. The Balaban J connectivity index is 0.000000596. The van der Waals surface area contributed by atoms with Crippen molar-refractivity contribution in [3.05, 3.63) is 64.6 Å². The van der Waals surface area contributed by atoms with Gasteiger partial charge in [0.05, 0.1) is 21.4 Å². The van der Waals surface area contributed by atoms with Gasteiger partial charge in [0.1, 0.15) is 5.75 Å².